The smallest absolute Gasteiger partial charge is 0.329 e. The van der Waals surface area contributed by atoms with E-state index in [1.54, 1.807) is 31.4 Å². The van der Waals surface area contributed by atoms with Gasteiger partial charge in [-0.15, -0.1) is 0 Å². The number of carbonyl (C=O) groups is 3. The molecular weight excluding hydrogens is 312 g/mol. The molecule has 0 saturated heterocycles. The molecule has 1 aliphatic rings. The Hall–Kier alpha value is -2.73. The van der Waals surface area contributed by atoms with Crippen LogP contribution in [0.5, 0.6) is 5.75 Å². The molecule has 0 amide bonds. The van der Waals surface area contributed by atoms with Crippen molar-refractivity contribution in [2.24, 2.45) is 5.92 Å². The van der Waals surface area contributed by atoms with Gasteiger partial charge in [0.25, 0.3) is 0 Å². The second-order valence-corrected chi connectivity index (χ2v) is 5.16. The largest absolute Gasteiger partial charge is 0.491 e. The van der Waals surface area contributed by atoms with Crippen molar-refractivity contribution in [2.75, 3.05) is 20.3 Å². The Bertz CT molecular complexity index is 701. The Kier molecular flexibility index (Phi) is 6.03. The van der Waals surface area contributed by atoms with E-state index in [4.69, 9.17) is 14.2 Å². The average molecular weight is 330 g/mol. The number of methoxy groups -OCH3 is 1. The van der Waals surface area contributed by atoms with Crippen LogP contribution in [0.4, 0.5) is 0 Å². The number of hydrogen-bond donors (Lipinski definition) is 0. The number of rotatable bonds is 7. The molecule has 6 heteroatoms. The van der Waals surface area contributed by atoms with Gasteiger partial charge in [0.05, 0.1) is 6.61 Å². The van der Waals surface area contributed by atoms with Crippen molar-refractivity contribution < 1.29 is 28.6 Å². The first kappa shape index (κ1) is 17.6. The van der Waals surface area contributed by atoms with Crippen LogP contribution in [0.1, 0.15) is 12.5 Å². The van der Waals surface area contributed by atoms with Gasteiger partial charge in [-0.1, -0.05) is 18.2 Å². The quantitative estimate of drug-likeness (QED) is 0.329. The monoisotopic (exact) mass is 330 g/mol. The van der Waals surface area contributed by atoms with Crippen LogP contribution in [-0.4, -0.2) is 37.9 Å². The molecule has 1 aliphatic heterocycles. The molecule has 1 aromatic carbocycles. The van der Waals surface area contributed by atoms with Crippen LogP contribution < -0.4 is 4.74 Å². The molecule has 1 aromatic rings. The maximum absolute atomic E-state index is 12.1. The van der Waals surface area contributed by atoms with Crippen molar-refractivity contribution >= 4 is 23.6 Å². The van der Waals surface area contributed by atoms with Crippen molar-refractivity contribution in [3.8, 4) is 5.75 Å². The summed E-state index contributed by atoms with van der Waals surface area (Å²) in [5.41, 5.74) is 0.710. The van der Waals surface area contributed by atoms with E-state index >= 15 is 0 Å². The van der Waals surface area contributed by atoms with Crippen molar-refractivity contribution in [3.63, 3.8) is 0 Å². The minimum Gasteiger partial charge on any atom is -0.491 e. The number of ether oxygens (including phenoxy) is 3. The van der Waals surface area contributed by atoms with Gasteiger partial charge in [0.2, 0.25) is 0 Å². The summed E-state index contributed by atoms with van der Waals surface area (Å²) in [5, 5.41) is 0. The standard InChI is InChI=1S/C18H18O6/c1-12-10-16(20)17(18(21)24-12)15(19)7-6-13-4-3-5-14(11-13)23-9-8-22-2/h3-7,10-11,17H,8-9H2,1-2H3/b7-6+. The van der Waals surface area contributed by atoms with E-state index in [1.165, 1.54) is 19.1 Å². The zero-order valence-electron chi connectivity index (χ0n) is 13.5. The summed E-state index contributed by atoms with van der Waals surface area (Å²) in [7, 11) is 1.59. The third-order valence-corrected chi connectivity index (χ3v) is 3.27. The maximum Gasteiger partial charge on any atom is 0.329 e. The van der Waals surface area contributed by atoms with Crippen molar-refractivity contribution in [2.45, 2.75) is 6.92 Å². The number of esters is 1. The highest BCUT2D eigenvalue weighted by molar-refractivity contribution is 6.25. The second-order valence-electron chi connectivity index (χ2n) is 5.16. The van der Waals surface area contributed by atoms with Crippen molar-refractivity contribution in [3.05, 3.63) is 47.7 Å². The fraction of sp³-hybridized carbons (Fsp3) is 0.278. The van der Waals surface area contributed by atoms with Crippen LogP contribution in [0.2, 0.25) is 0 Å². The van der Waals surface area contributed by atoms with Gasteiger partial charge in [-0.2, -0.15) is 0 Å². The van der Waals surface area contributed by atoms with Crippen LogP contribution in [0, 0.1) is 5.92 Å². The van der Waals surface area contributed by atoms with Gasteiger partial charge in [0.1, 0.15) is 18.1 Å². The average Bonchev–Trinajstić information content (AvgIpc) is 2.52. The van der Waals surface area contributed by atoms with E-state index in [0.717, 1.165) is 6.08 Å². The zero-order valence-corrected chi connectivity index (χ0v) is 13.5. The summed E-state index contributed by atoms with van der Waals surface area (Å²) in [5.74, 6) is -2.61. The van der Waals surface area contributed by atoms with Crippen molar-refractivity contribution in [1.29, 1.82) is 0 Å². The van der Waals surface area contributed by atoms with Gasteiger partial charge in [0.15, 0.2) is 17.5 Å². The minimum absolute atomic E-state index is 0.193. The first-order valence-electron chi connectivity index (χ1n) is 7.39. The minimum atomic E-state index is -1.42. The molecule has 6 nitrogen and oxygen atoms in total. The molecule has 0 bridgehead atoms. The SMILES string of the molecule is COCCOc1cccc(/C=C/C(=O)C2C(=O)C=C(C)OC2=O)c1. The molecular formula is C18H18O6. The summed E-state index contributed by atoms with van der Waals surface area (Å²) in [6.07, 6.45) is 3.88. The summed E-state index contributed by atoms with van der Waals surface area (Å²) < 4.78 is 15.2. The molecule has 1 unspecified atom stereocenters. The molecule has 0 aromatic heterocycles. The van der Waals surface area contributed by atoms with Crippen LogP contribution in [-0.2, 0) is 23.9 Å². The van der Waals surface area contributed by atoms with E-state index in [0.29, 0.717) is 24.5 Å². The van der Waals surface area contributed by atoms with E-state index in [2.05, 4.69) is 0 Å². The Morgan fingerprint density at radius 1 is 1.29 bits per heavy atom. The van der Waals surface area contributed by atoms with Crippen LogP contribution in [0.3, 0.4) is 0 Å². The lowest BCUT2D eigenvalue weighted by Gasteiger charge is -2.15. The number of benzene rings is 1. The molecule has 1 atom stereocenters. The Morgan fingerprint density at radius 3 is 2.79 bits per heavy atom. The number of allylic oxidation sites excluding steroid dienone is 3. The number of carbonyl (C=O) groups excluding carboxylic acids is 3. The predicted molar refractivity (Wildman–Crippen MR) is 86.2 cm³/mol. The van der Waals surface area contributed by atoms with Crippen LogP contribution in [0.25, 0.3) is 6.08 Å². The van der Waals surface area contributed by atoms with Gasteiger partial charge in [-0.05, 0) is 30.7 Å². The highest BCUT2D eigenvalue weighted by atomic mass is 16.5. The lowest BCUT2D eigenvalue weighted by Crippen LogP contribution is -2.34. The Morgan fingerprint density at radius 2 is 2.08 bits per heavy atom. The normalized spacial score (nSPS) is 17.6. The summed E-state index contributed by atoms with van der Waals surface area (Å²) in [4.78, 5) is 35.6. The molecule has 0 aliphatic carbocycles. The van der Waals surface area contributed by atoms with E-state index < -0.39 is 23.5 Å². The molecule has 0 N–H and O–H groups in total. The van der Waals surface area contributed by atoms with Gasteiger partial charge in [0, 0.05) is 13.2 Å². The molecule has 126 valence electrons. The number of ketones is 2. The fourth-order valence-electron chi connectivity index (χ4n) is 2.13. The Balaban J connectivity index is 2.05. The van der Waals surface area contributed by atoms with E-state index in [1.807, 2.05) is 0 Å². The zero-order chi connectivity index (χ0) is 17.5. The second kappa shape index (κ2) is 8.21. The van der Waals surface area contributed by atoms with Crippen LogP contribution >= 0.6 is 0 Å². The fourth-order valence-corrected chi connectivity index (χ4v) is 2.13. The summed E-state index contributed by atoms with van der Waals surface area (Å²) >= 11 is 0. The maximum atomic E-state index is 12.1. The van der Waals surface area contributed by atoms with Crippen molar-refractivity contribution in [1.82, 2.24) is 0 Å². The highest BCUT2D eigenvalue weighted by Crippen LogP contribution is 2.18. The highest BCUT2D eigenvalue weighted by Gasteiger charge is 2.36. The molecule has 1 heterocycles. The molecule has 2 rings (SSSR count). The number of hydrogen-bond acceptors (Lipinski definition) is 6. The van der Waals surface area contributed by atoms with Gasteiger partial charge in [-0.3, -0.25) is 14.4 Å². The first-order valence-corrected chi connectivity index (χ1v) is 7.39. The van der Waals surface area contributed by atoms with Gasteiger partial charge >= 0.3 is 5.97 Å². The first-order chi connectivity index (χ1) is 11.5. The number of cyclic esters (lactones) is 1. The van der Waals surface area contributed by atoms with Crippen LogP contribution in [0.15, 0.2) is 42.2 Å². The predicted octanol–water partition coefficient (Wildman–Crippen LogP) is 1.94. The Labute approximate surface area is 139 Å². The third kappa shape index (κ3) is 4.63. The molecule has 0 radical (unpaired) electrons. The van der Waals surface area contributed by atoms with E-state index in [-0.39, 0.29) is 5.76 Å². The topological polar surface area (TPSA) is 78.9 Å². The molecule has 24 heavy (non-hydrogen) atoms. The molecule has 0 spiro atoms. The molecule has 0 fully saturated rings. The summed E-state index contributed by atoms with van der Waals surface area (Å²) in [6.45, 7) is 2.37. The van der Waals surface area contributed by atoms with Gasteiger partial charge in [-0.25, -0.2) is 0 Å². The lowest BCUT2D eigenvalue weighted by molar-refractivity contribution is -0.151. The summed E-state index contributed by atoms with van der Waals surface area (Å²) in [6, 6.07) is 7.07. The third-order valence-electron chi connectivity index (χ3n) is 3.27. The lowest BCUT2D eigenvalue weighted by atomic mass is 9.96. The molecule has 0 saturated carbocycles. The van der Waals surface area contributed by atoms with Gasteiger partial charge < -0.3 is 14.2 Å². The van der Waals surface area contributed by atoms with E-state index in [9.17, 15) is 14.4 Å².